The molecule has 5 amide bonds. The third-order valence-corrected chi connectivity index (χ3v) is 10.6. The number of aromatic nitrogens is 4. The van der Waals surface area contributed by atoms with Crippen molar-refractivity contribution in [1.82, 2.24) is 40.0 Å². The molecule has 278 valence electrons. The normalized spacial score (nSPS) is 16.9. The Hall–Kier alpha value is -6.50. The molecule has 0 aliphatic carbocycles. The largest absolute Gasteiger partial charge is 0.347 e. The van der Waals surface area contributed by atoms with Crippen molar-refractivity contribution in [2.75, 3.05) is 13.1 Å². The number of benzene rings is 2. The van der Waals surface area contributed by atoms with Gasteiger partial charge in [0.05, 0.1) is 23.6 Å². The molecule has 2 aromatic carbocycles. The Labute approximate surface area is 317 Å². The van der Waals surface area contributed by atoms with E-state index in [-0.39, 0.29) is 54.8 Å². The maximum atomic E-state index is 13.1. The van der Waals surface area contributed by atoms with Gasteiger partial charge in [0.15, 0.2) is 0 Å². The minimum Gasteiger partial charge on any atom is -0.347 e. The molecule has 3 aliphatic heterocycles. The number of nitrogens with zero attached hydrogens (tertiary/aromatic N) is 6. The first kappa shape index (κ1) is 35.5. The molecule has 5 aromatic rings. The number of piperidine rings is 1. The van der Waals surface area contributed by atoms with Crippen LogP contribution < -0.4 is 10.6 Å². The molecule has 55 heavy (non-hydrogen) atoms. The van der Waals surface area contributed by atoms with E-state index in [1.54, 1.807) is 37.4 Å². The van der Waals surface area contributed by atoms with Gasteiger partial charge in [-0.1, -0.05) is 56.3 Å². The number of amides is 5. The first-order valence-corrected chi connectivity index (χ1v) is 18.5. The van der Waals surface area contributed by atoms with E-state index < -0.39 is 11.9 Å². The summed E-state index contributed by atoms with van der Waals surface area (Å²) in [6.07, 6.45) is 7.63. The number of imidazole rings is 1. The molecule has 0 saturated carbocycles. The monoisotopic (exact) mass is 736 g/mol. The Balaban J connectivity index is 0.940. The second-order valence-corrected chi connectivity index (χ2v) is 14.4. The van der Waals surface area contributed by atoms with E-state index in [2.05, 4.69) is 40.1 Å². The quantitative estimate of drug-likeness (QED) is 0.214. The number of hydrogen-bond donors (Lipinski definition) is 2. The van der Waals surface area contributed by atoms with E-state index in [1.807, 2.05) is 47.5 Å². The Bertz CT molecular complexity index is 2430. The minimum absolute atomic E-state index is 0.0518. The van der Waals surface area contributed by atoms with Gasteiger partial charge >= 0.3 is 0 Å². The molecule has 1 fully saturated rings. The standard InChI is InChI=1S/C42H40N8O5/c1-24(2)39-47-38(36-23-48(25(3)51)17-18-49(36)39)29-10-5-8-27-19-34(45-21-31(27)29)28-12-13-33(44-20-28)40(53)43-16-6-9-26-7-4-11-30-32(26)22-50(42(30)55)35-14-15-37(52)46-41(35)54/h4-13,19-21,24,35H,14-18,22-23H2,1-3H3,(H,43,53)(H,46,52,54)/b9-6+. The van der Waals surface area contributed by atoms with Crippen LogP contribution in [0.4, 0.5) is 0 Å². The van der Waals surface area contributed by atoms with Crippen LogP contribution in [-0.4, -0.2) is 78.0 Å². The molecule has 2 N–H and O–H groups in total. The summed E-state index contributed by atoms with van der Waals surface area (Å²) in [7, 11) is 0. The van der Waals surface area contributed by atoms with Crippen molar-refractivity contribution < 1.29 is 24.0 Å². The molecule has 3 aromatic heterocycles. The van der Waals surface area contributed by atoms with E-state index >= 15 is 0 Å². The van der Waals surface area contributed by atoms with E-state index in [9.17, 15) is 24.0 Å². The lowest BCUT2D eigenvalue weighted by molar-refractivity contribution is -0.137. The van der Waals surface area contributed by atoms with Crippen molar-refractivity contribution in [3.05, 3.63) is 107 Å². The SMILES string of the molecule is CC(=O)N1CCn2c(C(C)C)nc(-c3cccc4cc(-c5ccc(C(=O)NC/C=C/c6cccc7c6CN(C6CCC(=O)NC6=O)C7=O)nc5)ncc34)c2C1. The third kappa shape index (κ3) is 6.66. The first-order chi connectivity index (χ1) is 26.6. The van der Waals surface area contributed by atoms with Crippen molar-refractivity contribution in [2.45, 2.75) is 65.2 Å². The van der Waals surface area contributed by atoms with Crippen LogP contribution in [0.15, 0.2) is 73.1 Å². The highest BCUT2D eigenvalue weighted by Gasteiger charge is 2.39. The fraction of sp³-hybridized carbons (Fsp3) is 0.286. The van der Waals surface area contributed by atoms with Crippen molar-refractivity contribution in [1.29, 1.82) is 0 Å². The van der Waals surface area contributed by atoms with Gasteiger partial charge < -0.3 is 19.7 Å². The van der Waals surface area contributed by atoms with Gasteiger partial charge in [-0.2, -0.15) is 0 Å². The van der Waals surface area contributed by atoms with Gasteiger partial charge in [0.25, 0.3) is 11.8 Å². The highest BCUT2D eigenvalue weighted by Crippen LogP contribution is 2.36. The van der Waals surface area contributed by atoms with Gasteiger partial charge in [-0.05, 0) is 47.2 Å². The number of carbonyl (C=O) groups excluding carboxylic acids is 5. The minimum atomic E-state index is -0.684. The molecule has 13 nitrogen and oxygen atoms in total. The summed E-state index contributed by atoms with van der Waals surface area (Å²) in [5.41, 5.74) is 6.77. The molecule has 1 unspecified atom stereocenters. The van der Waals surface area contributed by atoms with Gasteiger partial charge in [0, 0.05) is 79.9 Å². The van der Waals surface area contributed by atoms with Crippen LogP contribution in [0.2, 0.25) is 0 Å². The summed E-state index contributed by atoms with van der Waals surface area (Å²) in [5, 5.41) is 7.14. The summed E-state index contributed by atoms with van der Waals surface area (Å²) >= 11 is 0. The molecule has 8 rings (SSSR count). The Morgan fingerprint density at radius 2 is 1.80 bits per heavy atom. The fourth-order valence-electron chi connectivity index (χ4n) is 7.73. The highest BCUT2D eigenvalue weighted by molar-refractivity contribution is 6.06. The molecule has 1 atom stereocenters. The van der Waals surface area contributed by atoms with Crippen LogP contribution in [0.1, 0.15) is 83.0 Å². The summed E-state index contributed by atoms with van der Waals surface area (Å²) in [5.74, 6) is -0.0483. The maximum Gasteiger partial charge on any atom is 0.270 e. The lowest BCUT2D eigenvalue weighted by Crippen LogP contribution is -2.52. The Morgan fingerprint density at radius 3 is 2.56 bits per heavy atom. The van der Waals surface area contributed by atoms with Crippen LogP contribution in [-0.2, 0) is 34.0 Å². The zero-order valence-electron chi connectivity index (χ0n) is 30.8. The summed E-state index contributed by atoms with van der Waals surface area (Å²) in [6.45, 7) is 8.27. The van der Waals surface area contributed by atoms with Gasteiger partial charge in [-0.25, -0.2) is 4.98 Å². The number of nitrogens with one attached hydrogen (secondary N) is 2. The number of fused-ring (bicyclic) bond motifs is 3. The molecule has 0 radical (unpaired) electrons. The maximum absolute atomic E-state index is 13.1. The summed E-state index contributed by atoms with van der Waals surface area (Å²) in [6, 6.07) is 16.3. The average Bonchev–Trinajstić information content (AvgIpc) is 3.74. The van der Waals surface area contributed by atoms with Crippen LogP contribution >= 0.6 is 0 Å². The first-order valence-electron chi connectivity index (χ1n) is 18.5. The fourth-order valence-corrected chi connectivity index (χ4v) is 7.73. The van der Waals surface area contributed by atoms with Crippen molar-refractivity contribution >= 4 is 46.4 Å². The summed E-state index contributed by atoms with van der Waals surface area (Å²) in [4.78, 5) is 80.1. The lowest BCUT2D eigenvalue weighted by Gasteiger charge is -2.29. The molecule has 1 saturated heterocycles. The topological polar surface area (TPSA) is 159 Å². The second kappa shape index (κ2) is 14.4. The number of imide groups is 1. The van der Waals surface area contributed by atoms with Gasteiger partial charge in [0.2, 0.25) is 17.7 Å². The number of carbonyl (C=O) groups is 5. The lowest BCUT2D eigenvalue weighted by atomic mass is 10.0. The van der Waals surface area contributed by atoms with E-state index in [0.29, 0.717) is 31.6 Å². The highest BCUT2D eigenvalue weighted by atomic mass is 16.2. The molecular formula is C42H40N8O5. The van der Waals surface area contributed by atoms with Crippen LogP contribution in [0.3, 0.4) is 0 Å². The van der Waals surface area contributed by atoms with E-state index in [4.69, 9.17) is 9.97 Å². The molecule has 0 spiro atoms. The summed E-state index contributed by atoms with van der Waals surface area (Å²) < 4.78 is 2.26. The van der Waals surface area contributed by atoms with Crippen molar-refractivity contribution in [2.24, 2.45) is 0 Å². The molecule has 6 heterocycles. The number of pyridine rings is 2. The second-order valence-electron chi connectivity index (χ2n) is 14.4. The zero-order valence-corrected chi connectivity index (χ0v) is 30.8. The Kier molecular flexibility index (Phi) is 9.29. The number of hydrogen-bond acceptors (Lipinski definition) is 8. The number of rotatable bonds is 8. The van der Waals surface area contributed by atoms with Gasteiger partial charge in [-0.3, -0.25) is 39.3 Å². The smallest absolute Gasteiger partial charge is 0.270 e. The van der Waals surface area contributed by atoms with Crippen molar-refractivity contribution in [3.8, 4) is 22.5 Å². The van der Waals surface area contributed by atoms with Gasteiger partial charge in [0.1, 0.15) is 17.6 Å². The zero-order chi connectivity index (χ0) is 38.4. The van der Waals surface area contributed by atoms with Crippen LogP contribution in [0.5, 0.6) is 0 Å². The van der Waals surface area contributed by atoms with Crippen LogP contribution in [0, 0.1) is 0 Å². The predicted molar refractivity (Wildman–Crippen MR) is 205 cm³/mol. The molecule has 13 heteroatoms. The van der Waals surface area contributed by atoms with Gasteiger partial charge in [-0.15, -0.1) is 0 Å². The molecule has 0 bridgehead atoms. The average molecular weight is 737 g/mol. The Morgan fingerprint density at radius 1 is 0.982 bits per heavy atom. The molecule has 3 aliphatic rings. The molecular weight excluding hydrogens is 697 g/mol. The predicted octanol–water partition coefficient (Wildman–Crippen LogP) is 4.85. The van der Waals surface area contributed by atoms with E-state index in [1.165, 1.54) is 4.90 Å². The van der Waals surface area contributed by atoms with Crippen molar-refractivity contribution in [3.63, 3.8) is 0 Å². The van der Waals surface area contributed by atoms with E-state index in [0.717, 1.165) is 55.9 Å². The third-order valence-electron chi connectivity index (χ3n) is 10.6. The van der Waals surface area contributed by atoms with Crippen LogP contribution in [0.25, 0.3) is 39.4 Å².